The fraction of sp³-hybridized carbons (Fsp3) is 0.429. The van der Waals surface area contributed by atoms with Crippen molar-refractivity contribution >= 4 is 11.8 Å². The molecule has 0 aromatic rings. The Labute approximate surface area is 107 Å². The van der Waals surface area contributed by atoms with E-state index in [1.807, 2.05) is 12.2 Å². The summed E-state index contributed by atoms with van der Waals surface area (Å²) >= 11 is 0. The van der Waals surface area contributed by atoms with Crippen LogP contribution >= 0.6 is 0 Å². The second-order valence-corrected chi connectivity index (χ2v) is 4.00. The molecule has 4 nitrogen and oxygen atoms in total. The SMILES string of the molecule is C#CCNC(=O)[C@H]1CC=CC[C@H]1C(=O)NCC#C. The summed E-state index contributed by atoms with van der Waals surface area (Å²) in [7, 11) is 0. The smallest absolute Gasteiger partial charge is 0.224 e. The standard InChI is InChI=1S/C14H16N2O2/c1-3-9-15-13(17)11-7-5-6-8-12(11)14(18)16-10-4-2/h1-2,5-6,11-12H,7-10H2,(H,15,17)(H,16,18)/t11-,12+. The van der Waals surface area contributed by atoms with E-state index >= 15 is 0 Å². The number of carbonyl (C=O) groups excluding carboxylic acids is 2. The lowest BCUT2D eigenvalue weighted by Gasteiger charge is -2.26. The quantitative estimate of drug-likeness (QED) is 0.543. The van der Waals surface area contributed by atoms with Gasteiger partial charge in [0.15, 0.2) is 0 Å². The molecule has 4 heteroatoms. The molecule has 94 valence electrons. The molecule has 1 aliphatic rings. The van der Waals surface area contributed by atoms with Gasteiger partial charge in [-0.2, -0.15) is 0 Å². The maximum Gasteiger partial charge on any atom is 0.224 e. The van der Waals surface area contributed by atoms with Crippen LogP contribution in [0.2, 0.25) is 0 Å². The highest BCUT2D eigenvalue weighted by atomic mass is 16.2. The molecule has 0 unspecified atom stereocenters. The molecule has 0 spiro atoms. The van der Waals surface area contributed by atoms with Crippen molar-refractivity contribution in [1.82, 2.24) is 10.6 Å². The molecule has 0 aliphatic heterocycles. The zero-order valence-corrected chi connectivity index (χ0v) is 10.1. The topological polar surface area (TPSA) is 58.2 Å². The van der Waals surface area contributed by atoms with Crippen molar-refractivity contribution in [2.24, 2.45) is 11.8 Å². The minimum atomic E-state index is -0.374. The third-order valence-corrected chi connectivity index (χ3v) is 2.84. The van der Waals surface area contributed by atoms with Gasteiger partial charge in [0.05, 0.1) is 24.9 Å². The summed E-state index contributed by atoms with van der Waals surface area (Å²) in [5.74, 6) is 3.57. The lowest BCUT2D eigenvalue weighted by molar-refractivity contribution is -0.134. The van der Waals surface area contributed by atoms with Crippen molar-refractivity contribution in [1.29, 1.82) is 0 Å². The van der Waals surface area contributed by atoms with Crippen LogP contribution in [0.5, 0.6) is 0 Å². The van der Waals surface area contributed by atoms with E-state index < -0.39 is 0 Å². The monoisotopic (exact) mass is 244 g/mol. The number of nitrogens with one attached hydrogen (secondary N) is 2. The van der Waals surface area contributed by atoms with Gasteiger partial charge in [0.25, 0.3) is 0 Å². The van der Waals surface area contributed by atoms with Gasteiger partial charge in [-0.1, -0.05) is 24.0 Å². The van der Waals surface area contributed by atoms with Crippen LogP contribution in [0, 0.1) is 36.5 Å². The largest absolute Gasteiger partial charge is 0.345 e. The third kappa shape index (κ3) is 3.68. The molecule has 2 amide bonds. The number of amides is 2. The zero-order chi connectivity index (χ0) is 13.4. The predicted octanol–water partition coefficient (Wildman–Crippen LogP) is 0.0676. The van der Waals surface area contributed by atoms with Gasteiger partial charge in [0, 0.05) is 0 Å². The molecule has 0 fully saturated rings. The van der Waals surface area contributed by atoms with Gasteiger partial charge in [-0.05, 0) is 12.8 Å². The van der Waals surface area contributed by atoms with Crippen molar-refractivity contribution < 1.29 is 9.59 Å². The van der Waals surface area contributed by atoms with Gasteiger partial charge in [0.2, 0.25) is 11.8 Å². The summed E-state index contributed by atoms with van der Waals surface area (Å²) in [5, 5.41) is 5.23. The first-order valence-corrected chi connectivity index (χ1v) is 5.78. The highest BCUT2D eigenvalue weighted by molar-refractivity contribution is 5.88. The minimum absolute atomic E-state index is 0.178. The average molecular weight is 244 g/mol. The van der Waals surface area contributed by atoms with E-state index in [4.69, 9.17) is 12.8 Å². The van der Waals surface area contributed by atoms with Gasteiger partial charge in [-0.3, -0.25) is 9.59 Å². The Bertz CT molecular complexity index is 386. The van der Waals surface area contributed by atoms with Crippen LogP contribution in [0.25, 0.3) is 0 Å². The molecule has 0 saturated carbocycles. The van der Waals surface area contributed by atoms with E-state index in [2.05, 4.69) is 22.5 Å². The molecule has 2 atom stereocenters. The maximum absolute atomic E-state index is 11.9. The normalized spacial score (nSPS) is 21.4. The van der Waals surface area contributed by atoms with E-state index in [1.165, 1.54) is 0 Å². The van der Waals surface area contributed by atoms with Gasteiger partial charge in [0.1, 0.15) is 0 Å². The summed E-state index contributed by atoms with van der Waals surface area (Å²) in [6.07, 6.45) is 15.1. The predicted molar refractivity (Wildman–Crippen MR) is 69.0 cm³/mol. The lowest BCUT2D eigenvalue weighted by Crippen LogP contribution is -2.43. The summed E-state index contributed by atoms with van der Waals surface area (Å²) in [4.78, 5) is 23.8. The Morgan fingerprint density at radius 1 is 1.00 bits per heavy atom. The average Bonchev–Trinajstić information content (AvgIpc) is 2.42. The zero-order valence-electron chi connectivity index (χ0n) is 10.1. The van der Waals surface area contributed by atoms with Crippen LogP contribution in [0.1, 0.15) is 12.8 Å². The van der Waals surface area contributed by atoms with E-state index in [0.717, 1.165) is 0 Å². The molecule has 1 aliphatic carbocycles. The molecule has 0 saturated heterocycles. The van der Waals surface area contributed by atoms with Crippen molar-refractivity contribution in [3.05, 3.63) is 12.2 Å². The number of hydrogen-bond acceptors (Lipinski definition) is 2. The maximum atomic E-state index is 11.9. The van der Waals surface area contributed by atoms with Gasteiger partial charge < -0.3 is 10.6 Å². The molecule has 18 heavy (non-hydrogen) atoms. The highest BCUT2D eigenvalue weighted by Crippen LogP contribution is 2.25. The first kappa shape index (κ1) is 13.9. The van der Waals surface area contributed by atoms with Crippen LogP contribution in [-0.4, -0.2) is 24.9 Å². The van der Waals surface area contributed by atoms with Crippen molar-refractivity contribution in [3.8, 4) is 24.7 Å². The Hall–Kier alpha value is -2.20. The van der Waals surface area contributed by atoms with E-state index in [0.29, 0.717) is 12.8 Å². The van der Waals surface area contributed by atoms with E-state index in [-0.39, 0.29) is 36.7 Å². The Balaban J connectivity index is 2.66. The first-order chi connectivity index (χ1) is 8.70. The Morgan fingerprint density at radius 3 is 1.72 bits per heavy atom. The van der Waals surface area contributed by atoms with Crippen LogP contribution in [0.3, 0.4) is 0 Å². The summed E-state index contributed by atoms with van der Waals surface area (Å²) in [6.45, 7) is 0.357. The molecular formula is C14H16N2O2. The van der Waals surface area contributed by atoms with Crippen LogP contribution in [0.4, 0.5) is 0 Å². The highest BCUT2D eigenvalue weighted by Gasteiger charge is 2.33. The van der Waals surface area contributed by atoms with E-state index in [9.17, 15) is 9.59 Å². The van der Waals surface area contributed by atoms with Crippen LogP contribution < -0.4 is 10.6 Å². The van der Waals surface area contributed by atoms with Gasteiger partial charge in [-0.25, -0.2) is 0 Å². The number of allylic oxidation sites excluding steroid dienone is 2. The lowest BCUT2D eigenvalue weighted by atomic mass is 9.81. The van der Waals surface area contributed by atoms with E-state index in [1.54, 1.807) is 0 Å². The fourth-order valence-electron chi connectivity index (χ4n) is 1.93. The van der Waals surface area contributed by atoms with Crippen molar-refractivity contribution in [3.63, 3.8) is 0 Å². The summed E-state index contributed by atoms with van der Waals surface area (Å²) in [5.41, 5.74) is 0. The number of carbonyl (C=O) groups is 2. The van der Waals surface area contributed by atoms with Gasteiger partial charge in [-0.15, -0.1) is 12.8 Å². The van der Waals surface area contributed by atoms with Crippen molar-refractivity contribution in [2.45, 2.75) is 12.8 Å². The summed E-state index contributed by atoms with van der Waals surface area (Å²) < 4.78 is 0. The molecule has 0 bridgehead atoms. The molecule has 1 rings (SSSR count). The number of terminal acetylenes is 2. The van der Waals surface area contributed by atoms with Crippen molar-refractivity contribution in [2.75, 3.05) is 13.1 Å². The van der Waals surface area contributed by atoms with Gasteiger partial charge >= 0.3 is 0 Å². The fourth-order valence-corrected chi connectivity index (χ4v) is 1.93. The third-order valence-electron chi connectivity index (χ3n) is 2.84. The molecular weight excluding hydrogens is 228 g/mol. The molecule has 2 N–H and O–H groups in total. The number of hydrogen-bond donors (Lipinski definition) is 2. The molecule has 0 aromatic carbocycles. The Kier molecular flexibility index (Phi) is 5.54. The molecule has 0 radical (unpaired) electrons. The second kappa shape index (κ2) is 7.19. The second-order valence-electron chi connectivity index (χ2n) is 4.00. The number of rotatable bonds is 4. The summed E-state index contributed by atoms with van der Waals surface area (Å²) in [6, 6.07) is 0. The first-order valence-electron chi connectivity index (χ1n) is 5.78. The minimum Gasteiger partial charge on any atom is -0.345 e. The van der Waals surface area contributed by atoms with Crippen LogP contribution in [0.15, 0.2) is 12.2 Å². The Morgan fingerprint density at radius 2 is 1.39 bits per heavy atom. The molecule has 0 aromatic heterocycles. The van der Waals surface area contributed by atoms with Crippen LogP contribution in [-0.2, 0) is 9.59 Å². The molecule has 0 heterocycles.